The van der Waals surface area contributed by atoms with Crippen LogP contribution in [0.15, 0.2) is 218 Å². The molecule has 0 aliphatic carbocycles. The molecule has 2 aliphatic heterocycles. The molecule has 0 N–H and O–H groups in total. The van der Waals surface area contributed by atoms with Crippen LogP contribution < -0.4 is 35.8 Å². The van der Waals surface area contributed by atoms with Crippen molar-refractivity contribution in [3.63, 3.8) is 0 Å². The van der Waals surface area contributed by atoms with Gasteiger partial charge in [-0.25, -0.2) is 0 Å². The number of rotatable bonds is 7. The topological polar surface area (TPSA) is 19.0 Å². The molecule has 60 heavy (non-hydrogen) atoms. The molecule has 4 nitrogen and oxygen atoms in total. The Kier molecular flexibility index (Phi) is 8.10. The normalized spacial score (nSPS) is 12.4. The Balaban J connectivity index is 1.07. The van der Waals surface area contributed by atoms with Gasteiger partial charge in [-0.3, -0.25) is 0 Å². The molecule has 9 aromatic carbocycles. The second kappa shape index (κ2) is 14.1. The van der Waals surface area contributed by atoms with Crippen molar-refractivity contribution in [1.82, 2.24) is 0 Å². The highest BCUT2D eigenvalue weighted by molar-refractivity contribution is 7.26. The molecule has 0 bridgehead atoms. The van der Waals surface area contributed by atoms with Crippen molar-refractivity contribution < 1.29 is 4.74 Å². The molecule has 6 heteroatoms. The molecule has 0 unspecified atom stereocenters. The maximum absolute atomic E-state index is 7.23. The quantitative estimate of drug-likeness (QED) is 0.150. The fraction of sp³-hybridized carbons (Fsp3) is 0. The number of anilines is 9. The van der Waals surface area contributed by atoms with Gasteiger partial charge >= 0.3 is 0 Å². The van der Waals surface area contributed by atoms with Gasteiger partial charge in [0.1, 0.15) is 11.5 Å². The number of nitrogens with zero attached hydrogens (tertiary/aromatic N) is 3. The second-order valence-corrected chi connectivity index (χ2v) is 16.4. The zero-order valence-corrected chi connectivity index (χ0v) is 33.3. The van der Waals surface area contributed by atoms with Crippen molar-refractivity contribution in [1.29, 1.82) is 0 Å². The fourth-order valence-electron chi connectivity index (χ4n) is 9.27. The Morgan fingerprint density at radius 2 is 0.917 bits per heavy atom. The third kappa shape index (κ3) is 5.60. The van der Waals surface area contributed by atoms with Crippen molar-refractivity contribution in [2.75, 3.05) is 14.7 Å². The number of hydrogen-bond donors (Lipinski definition) is 0. The molecule has 0 saturated carbocycles. The lowest BCUT2D eigenvalue weighted by atomic mass is 9.34. The molecule has 12 rings (SSSR count). The predicted octanol–water partition coefficient (Wildman–Crippen LogP) is 13.4. The van der Waals surface area contributed by atoms with Crippen molar-refractivity contribution in [2.45, 2.75) is 0 Å². The summed E-state index contributed by atoms with van der Waals surface area (Å²) >= 11 is 1.85. The van der Waals surface area contributed by atoms with Crippen LogP contribution in [0.4, 0.5) is 51.2 Å². The van der Waals surface area contributed by atoms with Gasteiger partial charge in [-0.15, -0.1) is 11.3 Å². The van der Waals surface area contributed by atoms with Crippen LogP contribution in [0.1, 0.15) is 0 Å². The first-order valence-corrected chi connectivity index (χ1v) is 21.2. The Hall–Kier alpha value is -7.54. The number of para-hydroxylation sites is 6. The van der Waals surface area contributed by atoms with Crippen molar-refractivity contribution in [2.24, 2.45) is 0 Å². The van der Waals surface area contributed by atoms with Crippen LogP contribution in [0.3, 0.4) is 0 Å². The second-order valence-electron chi connectivity index (χ2n) is 15.3. The molecule has 0 fully saturated rings. The zero-order chi connectivity index (χ0) is 39.6. The standard InChI is InChI=1S/C54H36BN3OS/c1-6-18-37(19-7-1)56(38-20-8-2-9-21-38)42-30-31-44-45-35-50-47(36-53(45)60-52(44)34-42)55-46-28-16-17-29-48(46)58(41-26-14-5-15-27-41)49-32-43(33-51(59-50)54(49)55)57(39-22-10-3-11-23-39)40-24-12-4-13-25-40/h1-36H. The lowest BCUT2D eigenvalue weighted by Gasteiger charge is -2.41. The Morgan fingerprint density at radius 3 is 1.53 bits per heavy atom. The van der Waals surface area contributed by atoms with Crippen LogP contribution in [-0.2, 0) is 0 Å². The number of ether oxygens (including phenoxy) is 1. The average molecular weight is 786 g/mol. The first kappa shape index (κ1) is 34.5. The molecule has 0 spiro atoms. The Labute approximate surface area is 353 Å². The molecule has 10 aromatic rings. The van der Waals surface area contributed by atoms with Gasteiger partial charge in [0, 0.05) is 71.7 Å². The van der Waals surface area contributed by atoms with E-state index in [1.165, 1.54) is 42.2 Å². The Morgan fingerprint density at radius 1 is 0.383 bits per heavy atom. The van der Waals surface area contributed by atoms with E-state index in [1.54, 1.807) is 0 Å². The Bertz CT molecular complexity index is 3120. The van der Waals surface area contributed by atoms with E-state index in [4.69, 9.17) is 4.74 Å². The number of benzene rings is 9. The highest BCUT2D eigenvalue weighted by Gasteiger charge is 2.42. The zero-order valence-electron chi connectivity index (χ0n) is 32.5. The van der Waals surface area contributed by atoms with Crippen LogP contribution in [0.5, 0.6) is 11.5 Å². The predicted molar refractivity (Wildman–Crippen MR) is 255 cm³/mol. The van der Waals surface area contributed by atoms with E-state index in [9.17, 15) is 0 Å². The summed E-state index contributed by atoms with van der Waals surface area (Å²) in [5.41, 5.74) is 13.6. The largest absolute Gasteiger partial charge is 0.458 e. The highest BCUT2D eigenvalue weighted by atomic mass is 32.1. The van der Waals surface area contributed by atoms with Crippen LogP contribution >= 0.6 is 11.3 Å². The minimum absolute atomic E-state index is 0.0253. The van der Waals surface area contributed by atoms with Gasteiger partial charge in [0.25, 0.3) is 6.71 Å². The molecule has 0 amide bonds. The number of thiophene rings is 1. The summed E-state index contributed by atoms with van der Waals surface area (Å²) in [6.07, 6.45) is 0. The minimum Gasteiger partial charge on any atom is -0.458 e. The first-order valence-electron chi connectivity index (χ1n) is 20.4. The van der Waals surface area contributed by atoms with Crippen LogP contribution in [0.25, 0.3) is 20.2 Å². The van der Waals surface area contributed by atoms with Gasteiger partial charge in [0.05, 0.1) is 5.69 Å². The summed E-state index contributed by atoms with van der Waals surface area (Å²) in [6.45, 7) is -0.0253. The molecule has 2 aliphatic rings. The van der Waals surface area contributed by atoms with Crippen LogP contribution in [0, 0.1) is 0 Å². The summed E-state index contributed by atoms with van der Waals surface area (Å²) < 4.78 is 9.72. The summed E-state index contributed by atoms with van der Waals surface area (Å²) in [5, 5.41) is 2.43. The maximum Gasteiger partial charge on any atom is 0.256 e. The lowest BCUT2D eigenvalue weighted by molar-refractivity contribution is 0.488. The highest BCUT2D eigenvalue weighted by Crippen LogP contribution is 2.47. The maximum atomic E-state index is 7.23. The van der Waals surface area contributed by atoms with Crippen molar-refractivity contribution in [3.8, 4) is 11.5 Å². The number of hydrogen-bond acceptors (Lipinski definition) is 5. The van der Waals surface area contributed by atoms with Crippen LogP contribution in [-0.4, -0.2) is 6.71 Å². The van der Waals surface area contributed by atoms with Gasteiger partial charge in [-0.1, -0.05) is 115 Å². The lowest BCUT2D eigenvalue weighted by Crippen LogP contribution is -2.59. The molecular weight excluding hydrogens is 749 g/mol. The van der Waals surface area contributed by atoms with Crippen molar-refractivity contribution >= 4 is 106 Å². The van der Waals surface area contributed by atoms with Crippen LogP contribution in [0.2, 0.25) is 0 Å². The molecule has 282 valence electrons. The minimum atomic E-state index is -0.0253. The summed E-state index contributed by atoms with van der Waals surface area (Å²) in [5.74, 6) is 1.77. The molecule has 0 radical (unpaired) electrons. The third-order valence-corrected chi connectivity index (χ3v) is 12.9. The van der Waals surface area contributed by atoms with Gasteiger partial charge < -0.3 is 19.4 Å². The van der Waals surface area contributed by atoms with Crippen molar-refractivity contribution in [3.05, 3.63) is 218 Å². The van der Waals surface area contributed by atoms with E-state index < -0.39 is 0 Å². The van der Waals surface area contributed by atoms with E-state index in [1.807, 2.05) is 11.3 Å². The van der Waals surface area contributed by atoms with E-state index in [0.29, 0.717) is 0 Å². The van der Waals surface area contributed by atoms with E-state index in [-0.39, 0.29) is 6.71 Å². The smallest absolute Gasteiger partial charge is 0.256 e. The van der Waals surface area contributed by atoms with E-state index >= 15 is 0 Å². The average Bonchev–Trinajstić information content (AvgIpc) is 3.66. The molecule has 0 saturated heterocycles. The monoisotopic (exact) mass is 785 g/mol. The van der Waals surface area contributed by atoms with Gasteiger partial charge in [0.15, 0.2) is 0 Å². The summed E-state index contributed by atoms with van der Waals surface area (Å²) in [7, 11) is 0. The molecule has 1 aromatic heterocycles. The fourth-order valence-corrected chi connectivity index (χ4v) is 10.4. The van der Waals surface area contributed by atoms with Gasteiger partial charge in [0.2, 0.25) is 0 Å². The third-order valence-electron chi connectivity index (χ3n) is 11.8. The molecule has 3 heterocycles. The SMILES string of the molecule is c1ccc(N(c2ccccc2)c2cc3c4c(c2)N(c2ccccc2)c2ccccc2B4c2cc4sc5cc(N(c6ccccc6)c6ccccc6)ccc5c4cc2O3)cc1. The van der Waals surface area contributed by atoms with E-state index in [2.05, 4.69) is 233 Å². The molecular formula is C54H36BN3OS. The van der Waals surface area contributed by atoms with Gasteiger partial charge in [-0.05, 0) is 113 Å². The van der Waals surface area contributed by atoms with E-state index in [0.717, 1.165) is 57.0 Å². The number of fused-ring (bicyclic) bond motifs is 7. The summed E-state index contributed by atoms with van der Waals surface area (Å²) in [6, 6.07) is 78.3. The van der Waals surface area contributed by atoms with Gasteiger partial charge in [-0.2, -0.15) is 0 Å². The molecule has 0 atom stereocenters. The summed E-state index contributed by atoms with van der Waals surface area (Å²) in [4.78, 5) is 7.08. The first-order chi connectivity index (χ1) is 29.8.